The first kappa shape index (κ1) is 19.1. The first-order valence-electron chi connectivity index (χ1n) is 10.8. The fraction of sp³-hybridized carbons (Fsp3) is 0.0370. The van der Waals surface area contributed by atoms with Gasteiger partial charge in [-0.3, -0.25) is 15.6 Å². The number of H-pyrrole nitrogens is 1. The molecule has 0 saturated carbocycles. The highest BCUT2D eigenvalue weighted by molar-refractivity contribution is 5.99. The molecular weight excluding hydrogens is 410 g/mol. The molecule has 6 nitrogen and oxygen atoms in total. The number of aromatic nitrogens is 2. The number of pyridine rings is 1. The molecule has 0 bridgehead atoms. The number of amides is 1. The SMILES string of the molecule is O=C(c1ccccc1)N1C=C(NNc2ccc3ccccc3n2)c2c([nH]c3ccccc23)C1. The van der Waals surface area contributed by atoms with Gasteiger partial charge in [-0.2, -0.15) is 0 Å². The third-order valence-corrected chi connectivity index (χ3v) is 5.87. The maximum atomic E-state index is 13.2. The fourth-order valence-corrected chi connectivity index (χ4v) is 4.30. The first-order valence-corrected chi connectivity index (χ1v) is 10.8. The lowest BCUT2D eigenvalue weighted by atomic mass is 10.0. The lowest BCUT2D eigenvalue weighted by molar-refractivity contribution is 0.0810. The number of aromatic amines is 1. The van der Waals surface area contributed by atoms with E-state index in [1.165, 1.54) is 0 Å². The Morgan fingerprint density at radius 1 is 0.848 bits per heavy atom. The van der Waals surface area contributed by atoms with E-state index in [0.717, 1.165) is 38.8 Å². The molecule has 1 aliphatic rings. The van der Waals surface area contributed by atoms with Crippen LogP contribution in [0.1, 0.15) is 21.6 Å². The molecule has 0 fully saturated rings. The molecule has 3 heterocycles. The lowest BCUT2D eigenvalue weighted by Crippen LogP contribution is -2.32. The van der Waals surface area contributed by atoms with Gasteiger partial charge in [0.1, 0.15) is 5.82 Å². The predicted octanol–water partition coefficient (Wildman–Crippen LogP) is 5.29. The van der Waals surface area contributed by atoms with Crippen molar-refractivity contribution in [3.63, 3.8) is 0 Å². The van der Waals surface area contributed by atoms with E-state index in [-0.39, 0.29) is 5.91 Å². The standard InChI is InChI=1S/C27H21N5O/c33-27(19-9-2-1-3-10-19)32-16-23-26(20-11-5-7-13-22(20)28-23)24(17-32)30-31-25-15-14-18-8-4-6-12-21(18)29-25/h1-15,17,28,30H,16H2,(H,29,31). The molecule has 0 atom stereocenters. The fourth-order valence-electron chi connectivity index (χ4n) is 4.30. The molecule has 6 rings (SSSR count). The second kappa shape index (κ2) is 7.84. The minimum atomic E-state index is -0.0527. The van der Waals surface area contributed by atoms with Gasteiger partial charge in [0.2, 0.25) is 0 Å². The average Bonchev–Trinajstić information content (AvgIpc) is 3.26. The number of para-hydroxylation sites is 2. The van der Waals surface area contributed by atoms with Crippen LogP contribution in [0.4, 0.5) is 5.82 Å². The molecule has 0 spiro atoms. The van der Waals surface area contributed by atoms with Gasteiger partial charge in [-0.25, -0.2) is 4.98 Å². The van der Waals surface area contributed by atoms with Crippen LogP contribution in [0.25, 0.3) is 27.5 Å². The maximum absolute atomic E-state index is 13.2. The van der Waals surface area contributed by atoms with Crippen molar-refractivity contribution >= 4 is 39.2 Å². The summed E-state index contributed by atoms with van der Waals surface area (Å²) in [5.41, 5.74) is 12.0. The minimum Gasteiger partial charge on any atom is -0.356 e. The van der Waals surface area contributed by atoms with Crippen LogP contribution in [0, 0.1) is 0 Å². The second-order valence-electron chi connectivity index (χ2n) is 8.01. The zero-order valence-electron chi connectivity index (χ0n) is 17.7. The molecule has 3 N–H and O–H groups in total. The van der Waals surface area contributed by atoms with Gasteiger partial charge in [-0.15, -0.1) is 0 Å². The highest BCUT2D eigenvalue weighted by Crippen LogP contribution is 2.33. The molecule has 1 aliphatic heterocycles. The quantitative estimate of drug-likeness (QED) is 0.338. The Labute approximate surface area is 190 Å². The summed E-state index contributed by atoms with van der Waals surface area (Å²) in [6, 6.07) is 29.5. The summed E-state index contributed by atoms with van der Waals surface area (Å²) < 4.78 is 0. The van der Waals surface area contributed by atoms with E-state index < -0.39 is 0 Å². The largest absolute Gasteiger partial charge is 0.356 e. The van der Waals surface area contributed by atoms with Crippen molar-refractivity contribution in [1.82, 2.24) is 20.3 Å². The maximum Gasteiger partial charge on any atom is 0.258 e. The zero-order chi connectivity index (χ0) is 22.2. The Kier molecular flexibility index (Phi) is 4.54. The number of nitrogens with zero attached hydrogens (tertiary/aromatic N) is 2. The summed E-state index contributed by atoms with van der Waals surface area (Å²) in [6.07, 6.45) is 1.87. The Morgan fingerprint density at radius 2 is 1.64 bits per heavy atom. The van der Waals surface area contributed by atoms with Crippen LogP contribution >= 0.6 is 0 Å². The smallest absolute Gasteiger partial charge is 0.258 e. The van der Waals surface area contributed by atoms with Crippen molar-refractivity contribution in [2.75, 3.05) is 5.43 Å². The molecule has 3 aromatic carbocycles. The molecule has 6 heteroatoms. The van der Waals surface area contributed by atoms with E-state index in [1.807, 2.05) is 91.1 Å². The molecule has 1 amide bonds. The Bertz CT molecular complexity index is 1520. The number of hydrogen-bond acceptors (Lipinski definition) is 4. The van der Waals surface area contributed by atoms with Gasteiger partial charge in [0.25, 0.3) is 5.91 Å². The topological polar surface area (TPSA) is 73.1 Å². The summed E-state index contributed by atoms with van der Waals surface area (Å²) in [5.74, 6) is 0.644. The van der Waals surface area contributed by atoms with E-state index in [9.17, 15) is 4.79 Å². The van der Waals surface area contributed by atoms with Gasteiger partial charge >= 0.3 is 0 Å². The van der Waals surface area contributed by atoms with Crippen molar-refractivity contribution in [2.24, 2.45) is 0 Å². The number of carbonyl (C=O) groups excluding carboxylic acids is 1. The van der Waals surface area contributed by atoms with Crippen molar-refractivity contribution in [3.05, 3.63) is 114 Å². The summed E-state index contributed by atoms with van der Waals surface area (Å²) >= 11 is 0. The van der Waals surface area contributed by atoms with Crippen LogP contribution in [0.5, 0.6) is 0 Å². The molecule has 160 valence electrons. The summed E-state index contributed by atoms with van der Waals surface area (Å²) in [7, 11) is 0. The Hall–Kier alpha value is -4.58. The molecule has 0 saturated heterocycles. The number of rotatable bonds is 4. The van der Waals surface area contributed by atoms with Gasteiger partial charge in [-0.1, -0.05) is 54.6 Å². The van der Waals surface area contributed by atoms with E-state index in [2.05, 4.69) is 26.9 Å². The van der Waals surface area contributed by atoms with Gasteiger partial charge in [-0.05, 0) is 36.4 Å². The monoisotopic (exact) mass is 431 g/mol. The Balaban J connectivity index is 1.37. The summed E-state index contributed by atoms with van der Waals surface area (Å²) in [6.45, 7) is 0.469. The highest BCUT2D eigenvalue weighted by atomic mass is 16.2. The predicted molar refractivity (Wildman–Crippen MR) is 131 cm³/mol. The zero-order valence-corrected chi connectivity index (χ0v) is 17.7. The molecule has 2 aromatic heterocycles. The normalized spacial score (nSPS) is 13.0. The molecule has 0 radical (unpaired) electrons. The van der Waals surface area contributed by atoms with Crippen molar-refractivity contribution in [1.29, 1.82) is 0 Å². The van der Waals surface area contributed by atoms with Crippen molar-refractivity contribution in [2.45, 2.75) is 6.54 Å². The molecule has 5 aromatic rings. The number of nitrogens with one attached hydrogen (secondary N) is 3. The van der Waals surface area contributed by atoms with Crippen LogP contribution in [-0.4, -0.2) is 20.8 Å². The number of anilines is 1. The van der Waals surface area contributed by atoms with Gasteiger partial charge < -0.3 is 9.88 Å². The highest BCUT2D eigenvalue weighted by Gasteiger charge is 2.26. The molecule has 33 heavy (non-hydrogen) atoms. The van der Waals surface area contributed by atoms with E-state index in [4.69, 9.17) is 0 Å². The average molecular weight is 431 g/mol. The van der Waals surface area contributed by atoms with Crippen LogP contribution in [0.3, 0.4) is 0 Å². The first-order chi connectivity index (χ1) is 16.3. The number of hydrazine groups is 1. The van der Waals surface area contributed by atoms with Gasteiger partial charge in [0.05, 0.1) is 17.8 Å². The lowest BCUT2D eigenvalue weighted by Gasteiger charge is -2.26. The molecule has 0 aliphatic carbocycles. The van der Waals surface area contributed by atoms with E-state index in [1.54, 1.807) is 4.90 Å². The molecular formula is C27H21N5O. The summed E-state index contributed by atoms with van der Waals surface area (Å²) in [5, 5.41) is 2.19. The number of benzene rings is 3. The molecule has 0 unspecified atom stereocenters. The van der Waals surface area contributed by atoms with Crippen LogP contribution < -0.4 is 10.9 Å². The minimum absolute atomic E-state index is 0.0527. The van der Waals surface area contributed by atoms with Crippen LogP contribution in [0.2, 0.25) is 0 Å². The van der Waals surface area contributed by atoms with Crippen LogP contribution in [-0.2, 0) is 6.54 Å². The number of hydrogen-bond donors (Lipinski definition) is 3. The third-order valence-electron chi connectivity index (χ3n) is 5.87. The van der Waals surface area contributed by atoms with Gasteiger partial charge in [0, 0.05) is 39.3 Å². The van der Waals surface area contributed by atoms with Crippen LogP contribution in [0.15, 0.2) is 97.2 Å². The van der Waals surface area contributed by atoms with E-state index >= 15 is 0 Å². The summed E-state index contributed by atoms with van der Waals surface area (Å²) in [4.78, 5) is 23.1. The Morgan fingerprint density at radius 3 is 2.55 bits per heavy atom. The van der Waals surface area contributed by atoms with Gasteiger partial charge in [0.15, 0.2) is 0 Å². The van der Waals surface area contributed by atoms with E-state index in [0.29, 0.717) is 17.9 Å². The van der Waals surface area contributed by atoms with Crippen molar-refractivity contribution in [3.8, 4) is 0 Å². The number of fused-ring (bicyclic) bond motifs is 4. The second-order valence-corrected chi connectivity index (χ2v) is 8.01. The number of carbonyl (C=O) groups is 1. The third kappa shape index (κ3) is 3.47. The van der Waals surface area contributed by atoms with Crippen molar-refractivity contribution < 1.29 is 4.79 Å².